The smallest absolute Gasteiger partial charge is 0.240 e. The van der Waals surface area contributed by atoms with Crippen LogP contribution in [0.2, 0.25) is 0 Å². The van der Waals surface area contributed by atoms with Gasteiger partial charge in [-0.1, -0.05) is 6.92 Å². The van der Waals surface area contributed by atoms with Gasteiger partial charge in [-0.3, -0.25) is 0 Å². The summed E-state index contributed by atoms with van der Waals surface area (Å²) in [6.45, 7) is 4.55. The SMILES string of the molecule is CCN[C@H](C)CNS(=O)(=O)c1cc(F)cc(F)c1.Cl. The van der Waals surface area contributed by atoms with Crippen molar-refractivity contribution in [1.82, 2.24) is 10.0 Å². The molecular formula is C11H17ClF2N2O2S. The van der Waals surface area contributed by atoms with Gasteiger partial charge in [0.25, 0.3) is 0 Å². The molecule has 1 aromatic carbocycles. The van der Waals surface area contributed by atoms with Crippen LogP contribution in [-0.4, -0.2) is 27.5 Å². The maximum atomic E-state index is 12.9. The van der Waals surface area contributed by atoms with Gasteiger partial charge < -0.3 is 5.32 Å². The van der Waals surface area contributed by atoms with E-state index in [2.05, 4.69) is 10.0 Å². The summed E-state index contributed by atoms with van der Waals surface area (Å²) in [5.41, 5.74) is 0. The number of halogens is 3. The number of benzene rings is 1. The molecule has 0 amide bonds. The molecule has 0 spiro atoms. The molecule has 0 aliphatic rings. The van der Waals surface area contributed by atoms with E-state index in [9.17, 15) is 17.2 Å². The minimum absolute atomic E-state index is 0. The Morgan fingerprint density at radius 3 is 2.21 bits per heavy atom. The molecule has 2 N–H and O–H groups in total. The number of sulfonamides is 1. The van der Waals surface area contributed by atoms with Crippen LogP contribution in [0, 0.1) is 11.6 Å². The first kappa shape index (κ1) is 18.2. The van der Waals surface area contributed by atoms with Crippen LogP contribution in [0.25, 0.3) is 0 Å². The average Bonchev–Trinajstić information content (AvgIpc) is 2.26. The molecule has 0 aliphatic heterocycles. The monoisotopic (exact) mass is 314 g/mol. The molecule has 0 unspecified atom stereocenters. The Labute approximate surface area is 118 Å². The van der Waals surface area contributed by atoms with Gasteiger partial charge in [0, 0.05) is 18.7 Å². The van der Waals surface area contributed by atoms with Crippen molar-refractivity contribution in [3.05, 3.63) is 29.8 Å². The second-order valence-electron chi connectivity index (χ2n) is 3.92. The number of hydrogen-bond acceptors (Lipinski definition) is 3. The average molecular weight is 315 g/mol. The zero-order valence-corrected chi connectivity index (χ0v) is 12.2. The van der Waals surface area contributed by atoms with Crippen LogP contribution in [0.5, 0.6) is 0 Å². The zero-order chi connectivity index (χ0) is 13.8. The van der Waals surface area contributed by atoms with Gasteiger partial charge in [0.2, 0.25) is 10.0 Å². The Balaban J connectivity index is 0.00000324. The molecule has 1 aromatic rings. The van der Waals surface area contributed by atoms with Crippen LogP contribution < -0.4 is 10.0 Å². The molecule has 0 bridgehead atoms. The van der Waals surface area contributed by atoms with E-state index in [1.54, 1.807) is 6.92 Å². The van der Waals surface area contributed by atoms with E-state index in [1.165, 1.54) is 0 Å². The molecule has 0 radical (unpaired) electrons. The third-order valence-electron chi connectivity index (χ3n) is 2.28. The van der Waals surface area contributed by atoms with E-state index in [0.717, 1.165) is 12.1 Å². The molecule has 0 saturated carbocycles. The van der Waals surface area contributed by atoms with Crippen LogP contribution in [0.15, 0.2) is 23.1 Å². The highest BCUT2D eigenvalue weighted by Crippen LogP contribution is 2.13. The van der Waals surface area contributed by atoms with Gasteiger partial charge in [0.05, 0.1) is 4.90 Å². The highest BCUT2D eigenvalue weighted by atomic mass is 35.5. The standard InChI is InChI=1S/C11H16F2N2O2S.ClH/c1-3-14-8(2)7-15-18(16,17)11-5-9(12)4-10(13)6-11;/h4-6,8,14-15H,3,7H2,1-2H3;1H/t8-;/m1./s1. The molecule has 0 aliphatic carbocycles. The Bertz CT molecular complexity index is 491. The third-order valence-corrected chi connectivity index (χ3v) is 3.68. The van der Waals surface area contributed by atoms with Crippen molar-refractivity contribution in [2.45, 2.75) is 24.8 Å². The molecule has 8 heteroatoms. The molecular weight excluding hydrogens is 298 g/mol. The van der Waals surface area contributed by atoms with Gasteiger partial charge in [-0.15, -0.1) is 12.4 Å². The summed E-state index contributed by atoms with van der Waals surface area (Å²) < 4.78 is 51.7. The Morgan fingerprint density at radius 1 is 1.21 bits per heavy atom. The summed E-state index contributed by atoms with van der Waals surface area (Å²) in [6.07, 6.45) is 0. The first-order valence-corrected chi connectivity index (χ1v) is 7.02. The van der Waals surface area contributed by atoms with Crippen LogP contribution in [0.3, 0.4) is 0 Å². The molecule has 19 heavy (non-hydrogen) atoms. The van der Waals surface area contributed by atoms with Gasteiger partial charge in [-0.2, -0.15) is 0 Å². The number of likely N-dealkylation sites (N-methyl/N-ethyl adjacent to an activating group) is 1. The van der Waals surface area contributed by atoms with Crippen molar-refractivity contribution in [3.63, 3.8) is 0 Å². The van der Waals surface area contributed by atoms with E-state index < -0.39 is 26.6 Å². The fourth-order valence-corrected chi connectivity index (χ4v) is 2.59. The van der Waals surface area contributed by atoms with E-state index in [0.29, 0.717) is 12.6 Å². The van der Waals surface area contributed by atoms with E-state index >= 15 is 0 Å². The molecule has 0 heterocycles. The van der Waals surface area contributed by atoms with E-state index in [-0.39, 0.29) is 25.0 Å². The summed E-state index contributed by atoms with van der Waals surface area (Å²) >= 11 is 0. The van der Waals surface area contributed by atoms with E-state index in [1.807, 2.05) is 6.92 Å². The van der Waals surface area contributed by atoms with Gasteiger partial charge in [0.15, 0.2) is 0 Å². The van der Waals surface area contributed by atoms with Crippen molar-refractivity contribution in [2.24, 2.45) is 0 Å². The molecule has 110 valence electrons. The van der Waals surface area contributed by atoms with Crippen molar-refractivity contribution < 1.29 is 17.2 Å². The van der Waals surface area contributed by atoms with Crippen LogP contribution >= 0.6 is 12.4 Å². The molecule has 0 aromatic heterocycles. The molecule has 1 rings (SSSR count). The van der Waals surface area contributed by atoms with Gasteiger partial charge in [-0.05, 0) is 25.6 Å². The highest BCUT2D eigenvalue weighted by molar-refractivity contribution is 7.89. The molecule has 0 fully saturated rings. The highest BCUT2D eigenvalue weighted by Gasteiger charge is 2.17. The lowest BCUT2D eigenvalue weighted by atomic mass is 10.3. The van der Waals surface area contributed by atoms with Crippen molar-refractivity contribution in [2.75, 3.05) is 13.1 Å². The number of hydrogen-bond donors (Lipinski definition) is 2. The lowest BCUT2D eigenvalue weighted by Crippen LogP contribution is -2.38. The first-order chi connectivity index (χ1) is 8.35. The fraction of sp³-hybridized carbons (Fsp3) is 0.455. The predicted octanol–water partition coefficient (Wildman–Crippen LogP) is 1.66. The second-order valence-corrected chi connectivity index (χ2v) is 5.68. The molecule has 1 atom stereocenters. The van der Waals surface area contributed by atoms with Crippen molar-refractivity contribution >= 4 is 22.4 Å². The molecule has 4 nitrogen and oxygen atoms in total. The van der Waals surface area contributed by atoms with Crippen molar-refractivity contribution in [3.8, 4) is 0 Å². The lowest BCUT2D eigenvalue weighted by Gasteiger charge is -2.13. The van der Waals surface area contributed by atoms with Crippen LogP contribution in [0.4, 0.5) is 8.78 Å². The normalized spacial score (nSPS) is 12.8. The quantitative estimate of drug-likeness (QED) is 0.839. The lowest BCUT2D eigenvalue weighted by molar-refractivity contribution is 0.532. The summed E-state index contributed by atoms with van der Waals surface area (Å²) in [5.74, 6) is -1.84. The Morgan fingerprint density at radius 2 is 1.74 bits per heavy atom. The molecule has 0 saturated heterocycles. The predicted molar refractivity (Wildman–Crippen MR) is 71.9 cm³/mol. The van der Waals surface area contributed by atoms with Gasteiger partial charge >= 0.3 is 0 Å². The maximum Gasteiger partial charge on any atom is 0.240 e. The first-order valence-electron chi connectivity index (χ1n) is 5.54. The fourth-order valence-electron chi connectivity index (χ4n) is 1.42. The summed E-state index contributed by atoms with van der Waals surface area (Å²) in [5, 5.41) is 3.02. The Kier molecular flexibility index (Phi) is 7.43. The minimum atomic E-state index is -3.89. The largest absolute Gasteiger partial charge is 0.313 e. The third kappa shape index (κ3) is 5.82. The van der Waals surface area contributed by atoms with E-state index in [4.69, 9.17) is 0 Å². The number of rotatable bonds is 6. The summed E-state index contributed by atoms with van der Waals surface area (Å²) in [4.78, 5) is -0.413. The minimum Gasteiger partial charge on any atom is -0.313 e. The van der Waals surface area contributed by atoms with Crippen LogP contribution in [0.1, 0.15) is 13.8 Å². The Hall–Kier alpha value is -0.760. The number of nitrogens with one attached hydrogen (secondary N) is 2. The van der Waals surface area contributed by atoms with Crippen LogP contribution in [-0.2, 0) is 10.0 Å². The van der Waals surface area contributed by atoms with Gasteiger partial charge in [-0.25, -0.2) is 21.9 Å². The summed E-state index contributed by atoms with van der Waals surface area (Å²) in [7, 11) is -3.89. The second kappa shape index (κ2) is 7.74. The zero-order valence-electron chi connectivity index (χ0n) is 10.6. The topological polar surface area (TPSA) is 58.2 Å². The van der Waals surface area contributed by atoms with Gasteiger partial charge in [0.1, 0.15) is 11.6 Å². The van der Waals surface area contributed by atoms with Crippen molar-refractivity contribution in [1.29, 1.82) is 0 Å². The maximum absolute atomic E-state index is 12.9. The summed E-state index contributed by atoms with van der Waals surface area (Å²) in [6, 6.07) is 2.12.